The van der Waals surface area contributed by atoms with Gasteiger partial charge in [-0.15, -0.1) is 0 Å². The summed E-state index contributed by atoms with van der Waals surface area (Å²) < 4.78 is 34.3. The Morgan fingerprint density at radius 3 is 2.25 bits per heavy atom. The zero-order valence-electron chi connectivity index (χ0n) is 22.4. The van der Waals surface area contributed by atoms with Gasteiger partial charge in [0.2, 0.25) is 11.8 Å². The third-order valence-electron chi connectivity index (χ3n) is 6.15. The molecule has 0 fully saturated rings. The van der Waals surface area contributed by atoms with Crippen LogP contribution >= 0.6 is 34.8 Å². The van der Waals surface area contributed by atoms with Gasteiger partial charge in [-0.1, -0.05) is 58.6 Å². The van der Waals surface area contributed by atoms with Gasteiger partial charge in [-0.05, 0) is 68.8 Å². The molecule has 214 valence electrons. The van der Waals surface area contributed by atoms with Gasteiger partial charge in [-0.3, -0.25) is 13.9 Å². The van der Waals surface area contributed by atoms with Crippen LogP contribution in [0.2, 0.25) is 15.1 Å². The second-order valence-corrected chi connectivity index (χ2v) is 12.1. The summed E-state index contributed by atoms with van der Waals surface area (Å²) in [6.07, 6.45) is 0. The summed E-state index contributed by atoms with van der Waals surface area (Å²) in [5, 5.41) is 3.57. The van der Waals surface area contributed by atoms with E-state index in [0.717, 1.165) is 9.87 Å². The Morgan fingerprint density at radius 2 is 1.65 bits per heavy atom. The summed E-state index contributed by atoms with van der Waals surface area (Å²) in [4.78, 5) is 28.1. The molecule has 0 radical (unpaired) electrons. The molecule has 0 aliphatic carbocycles. The maximum Gasteiger partial charge on any atom is 0.264 e. The van der Waals surface area contributed by atoms with Crippen LogP contribution in [0.3, 0.4) is 0 Å². The number of nitrogens with one attached hydrogen (secondary N) is 1. The molecule has 0 saturated carbocycles. The lowest BCUT2D eigenvalue weighted by Crippen LogP contribution is -2.51. The zero-order chi connectivity index (χ0) is 29.6. The summed E-state index contributed by atoms with van der Waals surface area (Å²) in [6.45, 7) is 4.85. The Morgan fingerprint density at radius 1 is 0.975 bits per heavy atom. The van der Waals surface area contributed by atoms with Crippen molar-refractivity contribution in [2.45, 2.75) is 38.3 Å². The van der Waals surface area contributed by atoms with Crippen molar-refractivity contribution in [2.75, 3.05) is 24.5 Å². The van der Waals surface area contributed by atoms with Crippen LogP contribution < -0.4 is 14.4 Å². The number of halogens is 3. The summed E-state index contributed by atoms with van der Waals surface area (Å²) >= 11 is 18.5. The molecule has 40 heavy (non-hydrogen) atoms. The number of carbonyl (C=O) groups is 2. The first kappa shape index (κ1) is 31.5. The van der Waals surface area contributed by atoms with E-state index < -0.39 is 34.4 Å². The predicted octanol–water partition coefficient (Wildman–Crippen LogP) is 5.71. The van der Waals surface area contributed by atoms with Crippen LogP contribution in [0.15, 0.2) is 65.6 Å². The maximum atomic E-state index is 14.0. The molecule has 0 spiro atoms. The number of amides is 2. The highest BCUT2D eigenvalue weighted by atomic mass is 35.5. The molecule has 0 heterocycles. The van der Waals surface area contributed by atoms with Crippen molar-refractivity contribution in [3.05, 3.63) is 86.9 Å². The topological polar surface area (TPSA) is 96.0 Å². The Balaban J connectivity index is 2.11. The molecular weight excluding hydrogens is 597 g/mol. The highest BCUT2D eigenvalue weighted by Crippen LogP contribution is 2.35. The Bertz CT molecular complexity index is 1480. The van der Waals surface area contributed by atoms with E-state index in [-0.39, 0.29) is 32.9 Å². The minimum absolute atomic E-state index is 0.0271. The number of aryl methyl sites for hydroxylation is 1. The lowest BCUT2D eigenvalue weighted by molar-refractivity contribution is -0.139. The molecule has 0 saturated heterocycles. The van der Waals surface area contributed by atoms with E-state index >= 15 is 0 Å². The summed E-state index contributed by atoms with van der Waals surface area (Å²) in [5.41, 5.74) is 1.54. The van der Waals surface area contributed by atoms with Gasteiger partial charge in [-0.25, -0.2) is 8.42 Å². The molecule has 0 unspecified atom stereocenters. The smallest absolute Gasteiger partial charge is 0.264 e. The fraction of sp³-hybridized carbons (Fsp3) is 0.286. The average molecular weight is 627 g/mol. The number of likely N-dealkylation sites (N-methyl/N-ethyl adjacent to an activating group) is 1. The van der Waals surface area contributed by atoms with Crippen molar-refractivity contribution >= 4 is 62.3 Å². The van der Waals surface area contributed by atoms with Crippen molar-refractivity contribution in [1.29, 1.82) is 0 Å². The number of carbonyl (C=O) groups excluding carboxylic acids is 2. The molecule has 0 aliphatic heterocycles. The molecule has 0 bridgehead atoms. The van der Waals surface area contributed by atoms with Crippen LogP contribution in [0.1, 0.15) is 25.0 Å². The normalized spacial score (nSPS) is 12.0. The van der Waals surface area contributed by atoms with Gasteiger partial charge in [0.15, 0.2) is 0 Å². The molecule has 12 heteroatoms. The average Bonchev–Trinajstić information content (AvgIpc) is 2.92. The first-order valence-electron chi connectivity index (χ1n) is 12.3. The second kappa shape index (κ2) is 13.6. The van der Waals surface area contributed by atoms with Gasteiger partial charge in [0.05, 0.1) is 27.7 Å². The van der Waals surface area contributed by atoms with E-state index in [2.05, 4.69) is 5.32 Å². The van der Waals surface area contributed by atoms with Crippen LogP contribution in [-0.2, 0) is 26.2 Å². The van der Waals surface area contributed by atoms with Crippen molar-refractivity contribution in [3.8, 4) is 5.75 Å². The summed E-state index contributed by atoms with van der Waals surface area (Å²) in [5.74, 6) is -0.840. The van der Waals surface area contributed by atoms with Gasteiger partial charge in [0.25, 0.3) is 10.0 Å². The number of methoxy groups -OCH3 is 1. The third kappa shape index (κ3) is 7.40. The molecule has 1 atom stereocenters. The molecule has 2 amide bonds. The fourth-order valence-corrected chi connectivity index (χ4v) is 5.85. The molecule has 3 aromatic rings. The van der Waals surface area contributed by atoms with E-state index in [4.69, 9.17) is 39.5 Å². The van der Waals surface area contributed by atoms with Crippen molar-refractivity contribution in [2.24, 2.45) is 0 Å². The minimum Gasteiger partial charge on any atom is -0.495 e. The fourth-order valence-electron chi connectivity index (χ4n) is 3.95. The molecule has 0 aliphatic rings. The first-order chi connectivity index (χ1) is 18.9. The number of nitrogens with zero attached hydrogens (tertiary/aromatic N) is 2. The number of anilines is 1. The number of benzene rings is 3. The molecule has 0 aromatic heterocycles. The molecule has 8 nitrogen and oxygen atoms in total. The van der Waals surface area contributed by atoms with E-state index in [9.17, 15) is 18.0 Å². The number of rotatable bonds is 11. The number of hydrogen-bond acceptors (Lipinski definition) is 5. The van der Waals surface area contributed by atoms with Crippen LogP contribution in [0.25, 0.3) is 0 Å². The Kier molecular flexibility index (Phi) is 10.7. The number of hydrogen-bond donors (Lipinski definition) is 1. The van der Waals surface area contributed by atoms with Gasteiger partial charge in [0, 0.05) is 18.1 Å². The Hall–Kier alpha value is -2.98. The lowest BCUT2D eigenvalue weighted by Gasteiger charge is -2.32. The molecule has 3 aromatic carbocycles. The van der Waals surface area contributed by atoms with Crippen molar-refractivity contribution in [1.82, 2.24) is 10.2 Å². The van der Waals surface area contributed by atoms with Gasteiger partial charge >= 0.3 is 0 Å². The highest BCUT2D eigenvalue weighted by molar-refractivity contribution is 7.92. The third-order valence-corrected chi connectivity index (χ3v) is 8.90. The van der Waals surface area contributed by atoms with Crippen LogP contribution in [0.5, 0.6) is 5.75 Å². The van der Waals surface area contributed by atoms with Gasteiger partial charge in [0.1, 0.15) is 18.3 Å². The Labute approximate surface area is 249 Å². The highest BCUT2D eigenvalue weighted by Gasteiger charge is 2.34. The number of sulfonamides is 1. The molecular formula is C28H30Cl3N3O5S. The van der Waals surface area contributed by atoms with Crippen molar-refractivity contribution in [3.63, 3.8) is 0 Å². The van der Waals surface area contributed by atoms with Gasteiger partial charge < -0.3 is 15.0 Å². The SMILES string of the molecule is CCNC(=O)[C@@H](C)N(Cc1ccc(Cl)c(Cl)c1)C(=O)CN(c1cc(Cl)ccc1OC)S(=O)(=O)c1ccc(C)cc1. The monoisotopic (exact) mass is 625 g/mol. The molecule has 1 N–H and O–H groups in total. The van der Waals surface area contributed by atoms with Crippen LogP contribution in [0, 0.1) is 6.92 Å². The predicted molar refractivity (Wildman–Crippen MR) is 159 cm³/mol. The quantitative estimate of drug-likeness (QED) is 0.294. The second-order valence-electron chi connectivity index (χ2n) is 8.98. The zero-order valence-corrected chi connectivity index (χ0v) is 25.5. The van der Waals surface area contributed by atoms with E-state index in [1.807, 2.05) is 6.92 Å². The summed E-state index contributed by atoms with van der Waals surface area (Å²) in [6, 6.07) is 14.7. The first-order valence-corrected chi connectivity index (χ1v) is 14.9. The molecule has 3 rings (SSSR count). The van der Waals surface area contributed by atoms with E-state index in [1.54, 1.807) is 50.2 Å². The van der Waals surface area contributed by atoms with E-state index in [1.165, 1.54) is 36.3 Å². The largest absolute Gasteiger partial charge is 0.495 e. The maximum absolute atomic E-state index is 14.0. The lowest BCUT2D eigenvalue weighted by atomic mass is 10.1. The minimum atomic E-state index is -4.28. The van der Waals surface area contributed by atoms with E-state index in [0.29, 0.717) is 17.1 Å². The van der Waals surface area contributed by atoms with Gasteiger partial charge in [-0.2, -0.15) is 0 Å². The standard InChI is InChI=1S/C28H30Cl3N3O5S/c1-5-32-28(36)19(3)33(16-20-8-12-23(30)24(31)14-20)27(35)17-34(25-15-21(29)9-13-26(25)39-4)40(37,38)22-10-6-18(2)7-11-22/h6-15,19H,5,16-17H2,1-4H3,(H,32,36)/t19-/m1/s1. The summed E-state index contributed by atoms with van der Waals surface area (Å²) in [7, 11) is -2.89. The van der Waals surface area contributed by atoms with Crippen molar-refractivity contribution < 1.29 is 22.7 Å². The number of ether oxygens (including phenoxy) is 1. The van der Waals surface area contributed by atoms with Crippen LogP contribution in [-0.4, -0.2) is 51.4 Å². The van der Waals surface area contributed by atoms with Crippen LogP contribution in [0.4, 0.5) is 5.69 Å².